The molecule has 1 aliphatic rings. The highest BCUT2D eigenvalue weighted by molar-refractivity contribution is 7.91. The molecule has 1 saturated heterocycles. The van der Waals surface area contributed by atoms with Crippen molar-refractivity contribution >= 4 is 15.5 Å². The Kier molecular flexibility index (Phi) is 4.66. The van der Waals surface area contributed by atoms with Gasteiger partial charge in [0.2, 0.25) is 0 Å². The molecule has 1 aliphatic heterocycles. The van der Waals surface area contributed by atoms with Crippen molar-refractivity contribution in [3.05, 3.63) is 24.3 Å². The monoisotopic (exact) mass is 285 g/mol. The Labute approximate surface area is 113 Å². The molecule has 0 bridgehead atoms. The zero-order chi connectivity index (χ0) is 13.7. The molecule has 1 aromatic carbocycles. The predicted octanol–water partition coefficient (Wildman–Crippen LogP) is 1.24. The third-order valence-corrected chi connectivity index (χ3v) is 4.68. The predicted molar refractivity (Wildman–Crippen MR) is 74.0 cm³/mol. The Hall–Kier alpha value is -1.27. The van der Waals surface area contributed by atoms with Crippen LogP contribution in [0.3, 0.4) is 0 Å². The first-order valence-corrected chi connectivity index (χ1v) is 8.18. The van der Waals surface area contributed by atoms with E-state index in [2.05, 4.69) is 0 Å². The minimum atomic E-state index is -3.12. The summed E-state index contributed by atoms with van der Waals surface area (Å²) >= 11 is 0. The molecule has 0 spiro atoms. The van der Waals surface area contributed by atoms with Crippen molar-refractivity contribution in [2.45, 2.75) is 18.9 Å². The average molecular weight is 285 g/mol. The molecule has 1 unspecified atom stereocenters. The summed E-state index contributed by atoms with van der Waals surface area (Å²) in [5.74, 6) is 0.733. The van der Waals surface area contributed by atoms with Crippen LogP contribution in [0.5, 0.6) is 5.75 Å². The average Bonchev–Trinajstić information content (AvgIpc) is 2.83. The lowest BCUT2D eigenvalue weighted by atomic mass is 10.3. The molecule has 0 aromatic heterocycles. The molecule has 1 heterocycles. The zero-order valence-electron chi connectivity index (χ0n) is 10.7. The third-order valence-electron chi connectivity index (χ3n) is 3.01. The van der Waals surface area contributed by atoms with Crippen molar-refractivity contribution in [3.8, 4) is 5.75 Å². The summed E-state index contributed by atoms with van der Waals surface area (Å²) in [5.41, 5.74) is 6.20. The molecule has 2 rings (SSSR count). The summed E-state index contributed by atoms with van der Waals surface area (Å²) in [5, 5.41) is 0. The van der Waals surface area contributed by atoms with E-state index in [-0.39, 0.29) is 24.2 Å². The molecule has 19 heavy (non-hydrogen) atoms. The smallest absolute Gasteiger partial charge is 0.156 e. The molecule has 5 nitrogen and oxygen atoms in total. The standard InChI is InChI=1S/C13H19NO4S/c14-11-3-5-12(6-4-11)18-8-9-19(15,16)10-13-2-1-7-17-13/h3-6,13H,1-2,7-10,14H2. The lowest BCUT2D eigenvalue weighted by Gasteiger charge is -2.11. The van der Waals surface area contributed by atoms with E-state index in [4.69, 9.17) is 15.2 Å². The minimum Gasteiger partial charge on any atom is -0.493 e. The van der Waals surface area contributed by atoms with E-state index in [1.54, 1.807) is 24.3 Å². The Morgan fingerprint density at radius 3 is 2.68 bits per heavy atom. The van der Waals surface area contributed by atoms with Crippen LogP contribution in [0.2, 0.25) is 0 Å². The van der Waals surface area contributed by atoms with Crippen molar-refractivity contribution in [2.24, 2.45) is 0 Å². The van der Waals surface area contributed by atoms with Crippen LogP contribution < -0.4 is 10.5 Å². The maximum Gasteiger partial charge on any atom is 0.156 e. The van der Waals surface area contributed by atoms with Crippen molar-refractivity contribution in [2.75, 3.05) is 30.5 Å². The summed E-state index contributed by atoms with van der Waals surface area (Å²) in [4.78, 5) is 0. The van der Waals surface area contributed by atoms with Crippen LogP contribution in [0.1, 0.15) is 12.8 Å². The van der Waals surface area contributed by atoms with Gasteiger partial charge in [-0.1, -0.05) is 0 Å². The molecular formula is C13H19NO4S. The number of sulfone groups is 1. The lowest BCUT2D eigenvalue weighted by molar-refractivity contribution is 0.127. The number of rotatable bonds is 6. The first-order chi connectivity index (χ1) is 9.05. The van der Waals surface area contributed by atoms with E-state index >= 15 is 0 Å². The van der Waals surface area contributed by atoms with Crippen LogP contribution >= 0.6 is 0 Å². The molecular weight excluding hydrogens is 266 g/mol. The molecule has 1 atom stereocenters. The molecule has 0 amide bonds. The fourth-order valence-corrected chi connectivity index (χ4v) is 3.33. The second-order valence-electron chi connectivity index (χ2n) is 4.67. The molecule has 106 valence electrons. The summed E-state index contributed by atoms with van der Waals surface area (Å²) in [6.07, 6.45) is 1.64. The fourth-order valence-electron chi connectivity index (χ4n) is 1.99. The van der Waals surface area contributed by atoms with Crippen LogP contribution in [0.25, 0.3) is 0 Å². The molecule has 0 saturated carbocycles. The van der Waals surface area contributed by atoms with E-state index in [0.717, 1.165) is 12.8 Å². The zero-order valence-corrected chi connectivity index (χ0v) is 11.6. The largest absolute Gasteiger partial charge is 0.493 e. The maximum absolute atomic E-state index is 11.9. The second kappa shape index (κ2) is 6.25. The highest BCUT2D eigenvalue weighted by atomic mass is 32.2. The number of ether oxygens (including phenoxy) is 2. The topological polar surface area (TPSA) is 78.6 Å². The number of hydrogen-bond donors (Lipinski definition) is 1. The van der Waals surface area contributed by atoms with Crippen molar-refractivity contribution < 1.29 is 17.9 Å². The van der Waals surface area contributed by atoms with Gasteiger partial charge in [-0.05, 0) is 37.1 Å². The fraction of sp³-hybridized carbons (Fsp3) is 0.538. The number of hydrogen-bond acceptors (Lipinski definition) is 5. The Morgan fingerprint density at radius 1 is 1.32 bits per heavy atom. The molecule has 2 N–H and O–H groups in total. The number of anilines is 1. The molecule has 6 heteroatoms. The van der Waals surface area contributed by atoms with Crippen molar-refractivity contribution in [1.29, 1.82) is 0 Å². The highest BCUT2D eigenvalue weighted by Gasteiger charge is 2.23. The van der Waals surface area contributed by atoms with Crippen LogP contribution in [0.15, 0.2) is 24.3 Å². The van der Waals surface area contributed by atoms with Gasteiger partial charge in [0.15, 0.2) is 9.84 Å². The Balaban J connectivity index is 1.76. The van der Waals surface area contributed by atoms with Crippen LogP contribution in [0.4, 0.5) is 5.69 Å². The minimum absolute atomic E-state index is 0.0111. The van der Waals surface area contributed by atoms with Gasteiger partial charge < -0.3 is 15.2 Å². The Bertz CT molecular complexity index is 492. The lowest BCUT2D eigenvalue weighted by Crippen LogP contribution is -2.25. The number of nitrogens with two attached hydrogens (primary N) is 1. The van der Waals surface area contributed by atoms with Crippen LogP contribution in [0, 0.1) is 0 Å². The van der Waals surface area contributed by atoms with Gasteiger partial charge in [0, 0.05) is 12.3 Å². The molecule has 0 aliphatic carbocycles. The second-order valence-corrected chi connectivity index (χ2v) is 6.90. The van der Waals surface area contributed by atoms with Gasteiger partial charge in [0.05, 0.1) is 17.6 Å². The van der Waals surface area contributed by atoms with Gasteiger partial charge in [-0.3, -0.25) is 0 Å². The van der Waals surface area contributed by atoms with E-state index < -0.39 is 9.84 Å². The first kappa shape index (κ1) is 14.1. The normalized spacial score (nSPS) is 19.5. The number of nitrogen functional groups attached to an aromatic ring is 1. The van der Waals surface area contributed by atoms with Crippen LogP contribution in [-0.4, -0.2) is 39.2 Å². The van der Waals surface area contributed by atoms with E-state index in [9.17, 15) is 8.42 Å². The maximum atomic E-state index is 11.9. The SMILES string of the molecule is Nc1ccc(OCCS(=O)(=O)CC2CCCO2)cc1. The first-order valence-electron chi connectivity index (χ1n) is 6.35. The van der Waals surface area contributed by atoms with Crippen molar-refractivity contribution in [3.63, 3.8) is 0 Å². The number of benzene rings is 1. The van der Waals surface area contributed by atoms with Gasteiger partial charge in [0.25, 0.3) is 0 Å². The van der Waals surface area contributed by atoms with Gasteiger partial charge in [-0.2, -0.15) is 0 Å². The van der Waals surface area contributed by atoms with Gasteiger partial charge in [0.1, 0.15) is 12.4 Å². The van der Waals surface area contributed by atoms with Gasteiger partial charge in [-0.25, -0.2) is 8.42 Å². The van der Waals surface area contributed by atoms with E-state index in [1.165, 1.54) is 0 Å². The molecule has 1 fully saturated rings. The molecule has 1 aromatic rings. The third kappa shape index (κ3) is 4.72. The highest BCUT2D eigenvalue weighted by Crippen LogP contribution is 2.15. The Morgan fingerprint density at radius 2 is 2.05 bits per heavy atom. The summed E-state index contributed by atoms with van der Waals surface area (Å²) < 4.78 is 34.4. The van der Waals surface area contributed by atoms with Gasteiger partial charge in [-0.15, -0.1) is 0 Å². The van der Waals surface area contributed by atoms with E-state index in [1.807, 2.05) is 0 Å². The van der Waals surface area contributed by atoms with Crippen molar-refractivity contribution in [1.82, 2.24) is 0 Å². The van der Waals surface area contributed by atoms with Gasteiger partial charge >= 0.3 is 0 Å². The summed E-state index contributed by atoms with van der Waals surface area (Å²) in [7, 11) is -3.12. The summed E-state index contributed by atoms with van der Waals surface area (Å²) in [6, 6.07) is 6.89. The molecule has 0 radical (unpaired) electrons. The quantitative estimate of drug-likeness (QED) is 0.796. The van der Waals surface area contributed by atoms with Crippen LogP contribution in [-0.2, 0) is 14.6 Å². The summed E-state index contributed by atoms with van der Waals surface area (Å²) in [6.45, 7) is 0.821. The van der Waals surface area contributed by atoms with E-state index in [0.29, 0.717) is 18.0 Å².